The Morgan fingerprint density at radius 3 is 2.79 bits per heavy atom. The summed E-state index contributed by atoms with van der Waals surface area (Å²) in [7, 11) is 0. The number of aromatic amines is 1. The summed E-state index contributed by atoms with van der Waals surface area (Å²) in [5, 5.41) is 12.8. The van der Waals surface area contributed by atoms with Gasteiger partial charge in [-0.2, -0.15) is 0 Å². The predicted molar refractivity (Wildman–Crippen MR) is 124 cm³/mol. The van der Waals surface area contributed by atoms with Crippen LogP contribution in [0.25, 0.3) is 0 Å². The summed E-state index contributed by atoms with van der Waals surface area (Å²) in [6.45, 7) is 1.92. The van der Waals surface area contributed by atoms with Gasteiger partial charge in [0.2, 0.25) is 5.91 Å². The average molecular weight is 461 g/mol. The van der Waals surface area contributed by atoms with Crippen molar-refractivity contribution in [3.05, 3.63) is 62.6 Å². The molecule has 0 radical (unpaired) electrons. The zero-order chi connectivity index (χ0) is 23.4. The molecule has 2 heterocycles. The van der Waals surface area contributed by atoms with Crippen molar-refractivity contribution in [1.82, 2.24) is 15.2 Å². The Balaban J connectivity index is 1.30. The summed E-state index contributed by atoms with van der Waals surface area (Å²) in [5.41, 5.74) is 9.23. The van der Waals surface area contributed by atoms with Crippen molar-refractivity contribution in [1.29, 1.82) is 0 Å². The number of likely N-dealkylation sites (tertiary alicyclic amines) is 1. The number of fused-ring (bicyclic) bond motifs is 3. The van der Waals surface area contributed by atoms with E-state index in [1.54, 1.807) is 6.07 Å². The number of rotatable bonds is 5. The van der Waals surface area contributed by atoms with Crippen molar-refractivity contribution < 1.29 is 14.7 Å². The van der Waals surface area contributed by atoms with Gasteiger partial charge in [-0.25, -0.2) is 0 Å². The summed E-state index contributed by atoms with van der Waals surface area (Å²) in [6, 6.07) is 8.06. The molecule has 176 valence electrons. The lowest BCUT2D eigenvalue weighted by Crippen LogP contribution is -2.68. The van der Waals surface area contributed by atoms with E-state index in [1.807, 2.05) is 12.1 Å². The normalized spacial score (nSPS) is 32.2. The molecule has 3 unspecified atom stereocenters. The number of primary amides is 1. The topological polar surface area (TPSA) is 129 Å². The number of pyridine rings is 1. The maximum atomic E-state index is 12.8. The quantitative estimate of drug-likeness (QED) is 0.522. The molecule has 34 heavy (non-hydrogen) atoms. The molecule has 2 aromatic rings. The molecule has 1 saturated heterocycles. The van der Waals surface area contributed by atoms with Gasteiger partial charge < -0.3 is 21.1 Å². The Kier molecular flexibility index (Phi) is 3.88. The summed E-state index contributed by atoms with van der Waals surface area (Å²) in [5.74, 6) is 0.248. The third-order valence-electron chi connectivity index (χ3n) is 9.25. The lowest BCUT2D eigenvalue weighted by atomic mass is 9.58. The largest absolute Gasteiger partial charge is 0.508 e. The molecule has 2 spiro atoms. The Morgan fingerprint density at radius 2 is 2.03 bits per heavy atom. The zero-order valence-corrected chi connectivity index (χ0v) is 18.9. The van der Waals surface area contributed by atoms with Crippen LogP contribution in [0.1, 0.15) is 52.0 Å². The van der Waals surface area contributed by atoms with Gasteiger partial charge in [0.25, 0.3) is 11.5 Å². The highest BCUT2D eigenvalue weighted by molar-refractivity contribution is 5.96. The van der Waals surface area contributed by atoms with Crippen LogP contribution in [0.4, 0.5) is 0 Å². The van der Waals surface area contributed by atoms with E-state index in [1.165, 1.54) is 24.0 Å². The van der Waals surface area contributed by atoms with Crippen LogP contribution in [0.15, 0.2) is 29.1 Å². The number of hydrogen-bond donors (Lipinski definition) is 4. The highest BCUT2D eigenvalue weighted by Gasteiger charge is 2.74. The van der Waals surface area contributed by atoms with Crippen molar-refractivity contribution >= 4 is 11.8 Å². The molecule has 1 aromatic heterocycles. The first-order chi connectivity index (χ1) is 16.3. The van der Waals surface area contributed by atoms with E-state index in [0.29, 0.717) is 24.1 Å². The van der Waals surface area contributed by atoms with E-state index in [2.05, 4.69) is 21.3 Å². The van der Waals surface area contributed by atoms with E-state index in [-0.39, 0.29) is 22.9 Å². The number of nitrogens with two attached hydrogens (primary N) is 1. The SMILES string of the molecule is NC(=O)CNC(=O)c1cc2c([nH]c1=O)C[C@@]13CC4(CN(CC5CC5)C4C1C2)c1ccc(O)cc13. The van der Waals surface area contributed by atoms with Gasteiger partial charge in [-0.05, 0) is 78.8 Å². The molecule has 4 atom stereocenters. The van der Waals surface area contributed by atoms with Crippen LogP contribution in [0.2, 0.25) is 0 Å². The lowest BCUT2D eigenvalue weighted by Gasteiger charge is -2.59. The second-order valence-electron chi connectivity index (χ2n) is 11.2. The van der Waals surface area contributed by atoms with Gasteiger partial charge in [-0.3, -0.25) is 19.3 Å². The molecule has 1 aliphatic heterocycles. The number of aromatic nitrogens is 1. The van der Waals surface area contributed by atoms with Gasteiger partial charge in [-0.1, -0.05) is 6.07 Å². The minimum atomic E-state index is -0.653. The van der Waals surface area contributed by atoms with Crippen molar-refractivity contribution in [3.8, 4) is 5.75 Å². The van der Waals surface area contributed by atoms with Gasteiger partial charge in [0.05, 0.1) is 6.54 Å². The molecule has 1 aromatic carbocycles. The number of phenols is 1. The fourth-order valence-electron chi connectivity index (χ4n) is 7.94. The van der Waals surface area contributed by atoms with Crippen LogP contribution in [0, 0.1) is 11.8 Å². The van der Waals surface area contributed by atoms with Crippen LogP contribution in [-0.4, -0.2) is 52.5 Å². The fourth-order valence-corrected chi connectivity index (χ4v) is 7.94. The number of hydrogen-bond acceptors (Lipinski definition) is 5. The van der Waals surface area contributed by atoms with Crippen molar-refractivity contribution in [3.63, 3.8) is 0 Å². The van der Waals surface area contributed by atoms with E-state index < -0.39 is 17.4 Å². The number of nitrogens with one attached hydrogen (secondary N) is 2. The maximum Gasteiger partial charge on any atom is 0.261 e. The second kappa shape index (κ2) is 6.50. The summed E-state index contributed by atoms with van der Waals surface area (Å²) >= 11 is 0. The number of benzene rings is 1. The number of carbonyl (C=O) groups excluding carboxylic acids is 2. The first kappa shape index (κ1) is 20.3. The number of H-pyrrole nitrogens is 1. The number of nitrogens with zero attached hydrogens (tertiary/aromatic N) is 1. The van der Waals surface area contributed by atoms with Crippen molar-refractivity contribution in [2.24, 2.45) is 17.6 Å². The fraction of sp³-hybridized carbons (Fsp3) is 0.500. The Morgan fingerprint density at radius 1 is 1.21 bits per heavy atom. The van der Waals surface area contributed by atoms with Crippen LogP contribution in [0.5, 0.6) is 5.75 Å². The van der Waals surface area contributed by atoms with E-state index in [4.69, 9.17) is 5.73 Å². The molecular weight excluding hydrogens is 432 g/mol. The molecule has 2 saturated carbocycles. The predicted octanol–water partition coefficient (Wildman–Crippen LogP) is 0.698. The molecule has 5 N–H and O–H groups in total. The van der Waals surface area contributed by atoms with Crippen LogP contribution >= 0.6 is 0 Å². The number of carbonyl (C=O) groups is 2. The highest BCUT2D eigenvalue weighted by Crippen LogP contribution is 2.71. The average Bonchev–Trinajstić information content (AvgIpc) is 3.51. The van der Waals surface area contributed by atoms with E-state index in [0.717, 1.165) is 43.1 Å². The highest BCUT2D eigenvalue weighted by atomic mass is 16.3. The Bertz CT molecular complexity index is 1330. The molecule has 2 amide bonds. The summed E-state index contributed by atoms with van der Waals surface area (Å²) < 4.78 is 0. The van der Waals surface area contributed by atoms with E-state index in [9.17, 15) is 19.5 Å². The zero-order valence-electron chi connectivity index (χ0n) is 18.9. The number of phenolic OH excluding ortho intramolecular Hbond substituents is 1. The number of aromatic hydroxyl groups is 1. The van der Waals surface area contributed by atoms with Gasteiger partial charge in [0, 0.05) is 35.7 Å². The monoisotopic (exact) mass is 460 g/mol. The molecule has 3 fully saturated rings. The molecule has 8 nitrogen and oxygen atoms in total. The third-order valence-corrected chi connectivity index (χ3v) is 9.25. The van der Waals surface area contributed by atoms with Gasteiger partial charge >= 0.3 is 0 Å². The van der Waals surface area contributed by atoms with Crippen LogP contribution < -0.4 is 16.6 Å². The van der Waals surface area contributed by atoms with E-state index >= 15 is 0 Å². The third kappa shape index (κ3) is 2.54. The first-order valence-corrected chi connectivity index (χ1v) is 12.2. The second-order valence-corrected chi connectivity index (χ2v) is 11.2. The van der Waals surface area contributed by atoms with Crippen molar-refractivity contribution in [2.75, 3.05) is 19.6 Å². The van der Waals surface area contributed by atoms with Gasteiger partial charge in [0.15, 0.2) is 0 Å². The Labute approximate surface area is 196 Å². The van der Waals surface area contributed by atoms with Crippen LogP contribution in [-0.2, 0) is 28.5 Å². The molecule has 8 heteroatoms. The maximum absolute atomic E-state index is 12.8. The number of amides is 2. The van der Waals surface area contributed by atoms with Crippen LogP contribution in [0.3, 0.4) is 0 Å². The summed E-state index contributed by atoms with van der Waals surface area (Å²) in [6.07, 6.45) is 5.19. The molecule has 7 rings (SSSR count). The molecular formula is C26H28N4O4. The minimum Gasteiger partial charge on any atom is -0.508 e. The Hall–Kier alpha value is -3.13. The molecule has 4 aliphatic carbocycles. The smallest absolute Gasteiger partial charge is 0.261 e. The molecule has 2 bridgehead atoms. The molecule has 5 aliphatic rings. The first-order valence-electron chi connectivity index (χ1n) is 12.2. The van der Waals surface area contributed by atoms with Crippen molar-refractivity contribution in [2.45, 2.75) is 49.0 Å². The van der Waals surface area contributed by atoms with Gasteiger partial charge in [-0.15, -0.1) is 0 Å². The summed E-state index contributed by atoms with van der Waals surface area (Å²) in [4.78, 5) is 42.1. The standard InChI is InChI=1S/C26H28N4O4/c27-21(32)9-28-23(33)16-5-14-6-19-22-26(12-30(22)10-13-1-2-13)11-25(19,8-20(14)29-24(16)34)18-7-15(31)3-4-17(18)26/h3-5,7,13,19,22,31H,1-2,6,8-12H2,(H2,27,32)(H,28,33)(H,29,34)/t19?,22?,25-,26?/m0/s1. The minimum absolute atomic E-state index is 0.0234. The lowest BCUT2D eigenvalue weighted by molar-refractivity contribution is -0.117. The van der Waals surface area contributed by atoms with Gasteiger partial charge in [0.1, 0.15) is 11.3 Å².